The van der Waals surface area contributed by atoms with Gasteiger partial charge in [0.1, 0.15) is 12.2 Å². The number of aliphatic imine (C=N–C) groups is 1. The molecule has 2 heterocycles. The van der Waals surface area contributed by atoms with Gasteiger partial charge in [-0.2, -0.15) is 0 Å². The highest BCUT2D eigenvalue weighted by Gasteiger charge is 2.22. The number of hydrogen-bond acceptors (Lipinski definition) is 4. The molecule has 2 aromatic rings. The highest BCUT2D eigenvalue weighted by atomic mass is 16.5. The number of carbonyl (C=O) groups is 1. The third kappa shape index (κ3) is 1.93. The molecule has 0 radical (unpaired) electrons. The lowest BCUT2D eigenvalue weighted by atomic mass is 10.1. The number of carbonyl (C=O) groups excluding carboxylic acids is 1. The van der Waals surface area contributed by atoms with Crippen LogP contribution in [0, 0.1) is 0 Å². The zero-order chi connectivity index (χ0) is 13.2. The minimum atomic E-state index is -0.382. The van der Waals surface area contributed by atoms with Gasteiger partial charge < -0.3 is 4.74 Å². The average Bonchev–Trinajstić information content (AvgIpc) is 3.05. The van der Waals surface area contributed by atoms with Gasteiger partial charge in [-0.15, -0.1) is 0 Å². The van der Waals surface area contributed by atoms with Gasteiger partial charge in [-0.1, -0.05) is 24.3 Å². The van der Waals surface area contributed by atoms with E-state index in [0.29, 0.717) is 18.8 Å². The maximum atomic E-state index is 11.9. The summed E-state index contributed by atoms with van der Waals surface area (Å²) in [6.07, 6.45) is 3.09. The minimum Gasteiger partial charge on any atom is -0.461 e. The molecule has 0 bridgehead atoms. The van der Waals surface area contributed by atoms with Gasteiger partial charge in [0.05, 0.1) is 19.3 Å². The molecule has 3 rings (SSSR count). The second-order valence-corrected chi connectivity index (χ2v) is 4.17. The normalized spacial score (nSPS) is 13.0. The van der Waals surface area contributed by atoms with E-state index in [4.69, 9.17) is 4.74 Å². The molecule has 19 heavy (non-hydrogen) atoms. The molecule has 0 N–H and O–H groups in total. The van der Waals surface area contributed by atoms with Crippen LogP contribution in [0.2, 0.25) is 0 Å². The summed E-state index contributed by atoms with van der Waals surface area (Å²) in [5.41, 5.74) is 2.59. The van der Waals surface area contributed by atoms with Gasteiger partial charge in [0, 0.05) is 5.56 Å². The van der Waals surface area contributed by atoms with Gasteiger partial charge >= 0.3 is 5.97 Å². The average molecular weight is 255 g/mol. The van der Waals surface area contributed by atoms with Crippen molar-refractivity contribution < 1.29 is 9.53 Å². The Morgan fingerprint density at radius 2 is 2.26 bits per heavy atom. The number of ether oxygens (including phenoxy) is 1. The number of esters is 1. The number of aromatic nitrogens is 2. The Bertz CT molecular complexity index is 658. The number of benzene rings is 1. The fourth-order valence-corrected chi connectivity index (χ4v) is 2.15. The molecule has 1 aliphatic heterocycles. The quantitative estimate of drug-likeness (QED) is 0.770. The Labute approximate surface area is 110 Å². The lowest BCUT2D eigenvalue weighted by molar-refractivity contribution is 0.0518. The number of rotatable bonds is 2. The van der Waals surface area contributed by atoms with Crippen molar-refractivity contribution in [3.05, 3.63) is 53.6 Å². The number of imidazole rings is 1. The monoisotopic (exact) mass is 255 g/mol. The van der Waals surface area contributed by atoms with Crippen molar-refractivity contribution in [1.29, 1.82) is 0 Å². The second-order valence-electron chi connectivity index (χ2n) is 4.17. The number of nitrogens with zero attached hydrogens (tertiary/aromatic N) is 3. The van der Waals surface area contributed by atoms with Crippen molar-refractivity contribution >= 4 is 11.8 Å². The Balaban J connectivity index is 2.01. The smallest absolute Gasteiger partial charge is 0.357 e. The van der Waals surface area contributed by atoms with Crippen molar-refractivity contribution in [3.63, 3.8) is 0 Å². The molecule has 1 aliphatic rings. The van der Waals surface area contributed by atoms with Crippen LogP contribution in [0.1, 0.15) is 28.5 Å². The molecule has 0 fully saturated rings. The maximum absolute atomic E-state index is 11.9. The second kappa shape index (κ2) is 4.68. The van der Waals surface area contributed by atoms with Gasteiger partial charge in [0.25, 0.3) is 0 Å². The van der Waals surface area contributed by atoms with E-state index in [1.165, 1.54) is 6.20 Å². The SMILES string of the molecule is CCOC(=O)c1cncn1C1=NCc2ccccc21. The molecule has 0 atom stereocenters. The van der Waals surface area contributed by atoms with Crippen molar-refractivity contribution in [1.82, 2.24) is 9.55 Å². The van der Waals surface area contributed by atoms with Crippen LogP contribution in [0.5, 0.6) is 0 Å². The first kappa shape index (κ1) is 11.6. The third-order valence-corrected chi connectivity index (χ3v) is 3.01. The third-order valence-electron chi connectivity index (χ3n) is 3.01. The van der Waals surface area contributed by atoms with E-state index in [2.05, 4.69) is 9.98 Å². The summed E-state index contributed by atoms with van der Waals surface area (Å²) >= 11 is 0. The summed E-state index contributed by atoms with van der Waals surface area (Å²) in [5.74, 6) is 0.364. The van der Waals surface area contributed by atoms with E-state index in [1.54, 1.807) is 17.8 Å². The van der Waals surface area contributed by atoms with Gasteiger partial charge in [-0.3, -0.25) is 9.56 Å². The van der Waals surface area contributed by atoms with Crippen LogP contribution < -0.4 is 0 Å². The van der Waals surface area contributed by atoms with Crippen molar-refractivity contribution in [2.24, 2.45) is 4.99 Å². The maximum Gasteiger partial charge on any atom is 0.357 e. The molecular weight excluding hydrogens is 242 g/mol. The Hall–Kier alpha value is -2.43. The first-order valence-corrected chi connectivity index (χ1v) is 6.14. The predicted molar refractivity (Wildman–Crippen MR) is 70.3 cm³/mol. The van der Waals surface area contributed by atoms with Crippen LogP contribution >= 0.6 is 0 Å². The van der Waals surface area contributed by atoms with Crippen molar-refractivity contribution in [2.45, 2.75) is 13.5 Å². The summed E-state index contributed by atoms with van der Waals surface area (Å²) in [7, 11) is 0. The van der Waals surface area contributed by atoms with Gasteiger partial charge in [0.2, 0.25) is 0 Å². The highest BCUT2D eigenvalue weighted by Crippen LogP contribution is 2.20. The minimum absolute atomic E-state index is 0.340. The van der Waals surface area contributed by atoms with E-state index >= 15 is 0 Å². The highest BCUT2D eigenvalue weighted by molar-refractivity contribution is 6.06. The number of fused-ring (bicyclic) bond motifs is 1. The van der Waals surface area contributed by atoms with E-state index in [9.17, 15) is 4.79 Å². The lowest BCUT2D eigenvalue weighted by Crippen LogP contribution is -2.18. The molecule has 96 valence electrons. The summed E-state index contributed by atoms with van der Waals surface area (Å²) in [6.45, 7) is 2.75. The molecule has 1 aromatic carbocycles. The Kier molecular flexibility index (Phi) is 2.87. The largest absolute Gasteiger partial charge is 0.461 e. The van der Waals surface area contributed by atoms with Crippen LogP contribution in [0.25, 0.3) is 0 Å². The van der Waals surface area contributed by atoms with Crippen LogP contribution in [0.3, 0.4) is 0 Å². The van der Waals surface area contributed by atoms with E-state index in [0.717, 1.165) is 17.0 Å². The molecule has 0 amide bonds. The van der Waals surface area contributed by atoms with Gasteiger partial charge in [-0.05, 0) is 12.5 Å². The first-order valence-electron chi connectivity index (χ1n) is 6.14. The molecule has 0 spiro atoms. The van der Waals surface area contributed by atoms with Crippen molar-refractivity contribution in [2.75, 3.05) is 6.61 Å². The zero-order valence-corrected chi connectivity index (χ0v) is 10.5. The Morgan fingerprint density at radius 3 is 3.11 bits per heavy atom. The molecule has 1 aromatic heterocycles. The van der Waals surface area contributed by atoms with Gasteiger partial charge in [0.15, 0.2) is 5.69 Å². The molecule has 5 nitrogen and oxygen atoms in total. The summed E-state index contributed by atoms with van der Waals surface area (Å²) in [5, 5.41) is 0. The molecule has 0 aliphatic carbocycles. The van der Waals surface area contributed by atoms with Crippen LogP contribution in [-0.2, 0) is 11.3 Å². The van der Waals surface area contributed by atoms with Crippen LogP contribution in [0.15, 0.2) is 41.8 Å². The fraction of sp³-hybridized carbons (Fsp3) is 0.214. The van der Waals surface area contributed by atoms with Gasteiger partial charge in [-0.25, -0.2) is 9.78 Å². The molecular formula is C14H13N3O2. The van der Waals surface area contributed by atoms with Crippen molar-refractivity contribution in [3.8, 4) is 0 Å². The van der Waals surface area contributed by atoms with E-state index in [1.807, 2.05) is 24.3 Å². The van der Waals surface area contributed by atoms with E-state index < -0.39 is 0 Å². The molecule has 0 saturated heterocycles. The molecule has 5 heteroatoms. The fourth-order valence-electron chi connectivity index (χ4n) is 2.15. The first-order chi connectivity index (χ1) is 9.31. The van der Waals surface area contributed by atoms with Crippen LogP contribution in [-0.4, -0.2) is 28.0 Å². The standard InChI is InChI=1S/C14H13N3O2/c1-2-19-14(18)12-8-15-9-17(12)13-11-6-4-3-5-10(11)7-16-13/h3-6,8-9H,2,7H2,1H3. The predicted octanol–water partition coefficient (Wildman–Crippen LogP) is 1.87. The summed E-state index contributed by atoms with van der Waals surface area (Å²) in [4.78, 5) is 20.4. The zero-order valence-electron chi connectivity index (χ0n) is 10.5. The van der Waals surface area contributed by atoms with Crippen LogP contribution in [0.4, 0.5) is 0 Å². The Morgan fingerprint density at radius 1 is 1.42 bits per heavy atom. The molecule has 0 unspecified atom stereocenters. The topological polar surface area (TPSA) is 56.5 Å². The molecule has 0 saturated carbocycles. The number of hydrogen-bond donors (Lipinski definition) is 0. The van der Waals surface area contributed by atoms with E-state index in [-0.39, 0.29) is 5.97 Å². The lowest BCUT2D eigenvalue weighted by Gasteiger charge is -2.08. The summed E-state index contributed by atoms with van der Waals surface area (Å²) in [6, 6.07) is 7.97. The summed E-state index contributed by atoms with van der Waals surface area (Å²) < 4.78 is 6.70.